The molecule has 122 valence electrons. The van der Waals surface area contributed by atoms with Crippen LogP contribution >= 0.6 is 11.3 Å². The van der Waals surface area contributed by atoms with E-state index in [1.165, 1.54) is 42.5 Å². The van der Waals surface area contributed by atoms with Crippen LogP contribution in [-0.4, -0.2) is 17.9 Å². The van der Waals surface area contributed by atoms with Gasteiger partial charge in [0.15, 0.2) is 6.10 Å². The van der Waals surface area contributed by atoms with Gasteiger partial charge in [0, 0.05) is 9.75 Å². The van der Waals surface area contributed by atoms with Crippen LogP contribution in [0.15, 0.2) is 30.3 Å². The van der Waals surface area contributed by atoms with Gasteiger partial charge in [-0.2, -0.15) is 0 Å². The zero-order chi connectivity index (χ0) is 17.0. The van der Waals surface area contributed by atoms with E-state index in [9.17, 15) is 14.0 Å². The van der Waals surface area contributed by atoms with Gasteiger partial charge in [0.2, 0.25) is 0 Å². The van der Waals surface area contributed by atoms with Gasteiger partial charge in [0.05, 0.1) is 5.56 Å². The number of hydrazine groups is 1. The first kappa shape index (κ1) is 17.0. The minimum absolute atomic E-state index is 0.365. The fourth-order valence-corrected chi connectivity index (χ4v) is 2.84. The van der Waals surface area contributed by atoms with E-state index in [-0.39, 0.29) is 11.7 Å². The van der Waals surface area contributed by atoms with Crippen molar-refractivity contribution in [2.75, 3.05) is 0 Å². The molecule has 0 aliphatic rings. The highest BCUT2D eigenvalue weighted by molar-refractivity contribution is 7.12. The summed E-state index contributed by atoms with van der Waals surface area (Å²) in [5, 5.41) is 0. The summed E-state index contributed by atoms with van der Waals surface area (Å²) in [6, 6.07) is 7.09. The topological polar surface area (TPSA) is 67.4 Å². The largest absolute Gasteiger partial charge is 0.481 e. The van der Waals surface area contributed by atoms with Gasteiger partial charge in [-0.15, -0.1) is 11.3 Å². The van der Waals surface area contributed by atoms with Crippen molar-refractivity contribution in [2.24, 2.45) is 0 Å². The Morgan fingerprint density at radius 2 is 1.83 bits per heavy atom. The number of carbonyl (C=O) groups excluding carboxylic acids is 2. The Morgan fingerprint density at radius 1 is 1.17 bits per heavy atom. The molecular weight excluding hydrogens is 319 g/mol. The van der Waals surface area contributed by atoms with E-state index in [2.05, 4.69) is 10.9 Å². The molecule has 1 atom stereocenters. The van der Waals surface area contributed by atoms with Gasteiger partial charge < -0.3 is 4.74 Å². The van der Waals surface area contributed by atoms with Crippen molar-refractivity contribution in [3.63, 3.8) is 0 Å². The van der Waals surface area contributed by atoms with Crippen molar-refractivity contribution in [3.8, 4) is 5.75 Å². The lowest BCUT2D eigenvalue weighted by molar-refractivity contribution is -0.128. The standard InChI is InChI=1S/C16H17FN2O3S/c1-9-8-14(11(3)23-9)16(21)19-18-15(20)10(2)22-13-6-4-12(17)5-7-13/h4-8,10H,1-3H3,(H,18,20)(H,19,21). The number of hydrogen-bond donors (Lipinski definition) is 2. The molecule has 7 heteroatoms. The van der Waals surface area contributed by atoms with Gasteiger partial charge in [0.1, 0.15) is 11.6 Å². The molecule has 23 heavy (non-hydrogen) atoms. The van der Waals surface area contributed by atoms with Crippen LogP contribution in [0, 0.1) is 19.7 Å². The second-order valence-corrected chi connectivity index (χ2v) is 6.44. The molecule has 0 radical (unpaired) electrons. The molecule has 0 aliphatic carbocycles. The Morgan fingerprint density at radius 3 is 2.39 bits per heavy atom. The van der Waals surface area contributed by atoms with Crippen LogP contribution in [0.3, 0.4) is 0 Å². The summed E-state index contributed by atoms with van der Waals surface area (Å²) < 4.78 is 18.2. The molecule has 0 spiro atoms. The molecule has 1 unspecified atom stereocenters. The quantitative estimate of drug-likeness (QED) is 0.844. The third-order valence-corrected chi connectivity index (χ3v) is 4.05. The molecule has 1 heterocycles. The third kappa shape index (κ3) is 4.53. The van der Waals surface area contributed by atoms with Crippen LogP contribution in [0.5, 0.6) is 5.75 Å². The first-order chi connectivity index (χ1) is 10.9. The van der Waals surface area contributed by atoms with E-state index < -0.39 is 12.0 Å². The fourth-order valence-electron chi connectivity index (χ4n) is 1.91. The first-order valence-electron chi connectivity index (χ1n) is 6.96. The summed E-state index contributed by atoms with van der Waals surface area (Å²) in [4.78, 5) is 25.8. The minimum Gasteiger partial charge on any atom is -0.481 e. The minimum atomic E-state index is -0.842. The Balaban J connectivity index is 1.87. The molecule has 2 amide bonds. The Bertz CT molecular complexity index is 713. The van der Waals surface area contributed by atoms with Crippen molar-refractivity contribution in [2.45, 2.75) is 26.9 Å². The van der Waals surface area contributed by atoms with E-state index in [1.807, 2.05) is 13.8 Å². The number of ether oxygens (including phenoxy) is 1. The van der Waals surface area contributed by atoms with E-state index in [0.29, 0.717) is 11.3 Å². The molecule has 2 aromatic rings. The van der Waals surface area contributed by atoms with Crippen LogP contribution in [0.2, 0.25) is 0 Å². The smallest absolute Gasteiger partial charge is 0.279 e. The van der Waals surface area contributed by atoms with E-state index in [4.69, 9.17) is 4.74 Å². The van der Waals surface area contributed by atoms with Gasteiger partial charge in [-0.25, -0.2) is 4.39 Å². The molecule has 1 aromatic heterocycles. The lowest BCUT2D eigenvalue weighted by Crippen LogP contribution is -2.47. The van der Waals surface area contributed by atoms with E-state index >= 15 is 0 Å². The van der Waals surface area contributed by atoms with Gasteiger partial charge in [-0.3, -0.25) is 20.4 Å². The summed E-state index contributed by atoms with van der Waals surface area (Å²) >= 11 is 1.51. The summed E-state index contributed by atoms with van der Waals surface area (Å²) in [5.41, 5.74) is 5.20. The lowest BCUT2D eigenvalue weighted by atomic mass is 10.2. The second-order valence-electron chi connectivity index (χ2n) is 4.98. The molecule has 5 nitrogen and oxygen atoms in total. The molecule has 0 aliphatic heterocycles. The number of halogens is 1. The average Bonchev–Trinajstić information content (AvgIpc) is 2.85. The number of nitrogens with one attached hydrogen (secondary N) is 2. The summed E-state index contributed by atoms with van der Waals surface area (Å²) in [7, 11) is 0. The Hall–Kier alpha value is -2.41. The van der Waals surface area contributed by atoms with Gasteiger partial charge >= 0.3 is 0 Å². The monoisotopic (exact) mass is 336 g/mol. The van der Waals surface area contributed by atoms with Crippen LogP contribution in [0.25, 0.3) is 0 Å². The summed E-state index contributed by atoms with van der Waals surface area (Å²) in [6.07, 6.45) is -0.842. The highest BCUT2D eigenvalue weighted by Crippen LogP contribution is 2.20. The van der Waals surface area contributed by atoms with Crippen LogP contribution in [0.1, 0.15) is 27.0 Å². The number of benzene rings is 1. The molecular formula is C16H17FN2O3S. The molecule has 1 aromatic carbocycles. The lowest BCUT2D eigenvalue weighted by Gasteiger charge is -2.15. The van der Waals surface area contributed by atoms with Gasteiger partial charge in [0.25, 0.3) is 11.8 Å². The number of rotatable bonds is 4. The predicted molar refractivity (Wildman–Crippen MR) is 85.9 cm³/mol. The maximum atomic E-state index is 12.8. The predicted octanol–water partition coefficient (Wildman–Crippen LogP) is 2.73. The first-order valence-corrected chi connectivity index (χ1v) is 7.78. The molecule has 0 fully saturated rings. The molecule has 0 bridgehead atoms. The molecule has 2 rings (SSSR count). The second kappa shape index (κ2) is 7.23. The number of carbonyl (C=O) groups is 2. The zero-order valence-electron chi connectivity index (χ0n) is 13.0. The van der Waals surface area contributed by atoms with Crippen molar-refractivity contribution in [3.05, 3.63) is 51.5 Å². The van der Waals surface area contributed by atoms with Crippen molar-refractivity contribution in [1.82, 2.24) is 10.9 Å². The maximum Gasteiger partial charge on any atom is 0.279 e. The number of aryl methyl sites for hydroxylation is 2. The number of thiophene rings is 1. The third-order valence-electron chi connectivity index (χ3n) is 3.08. The number of amides is 2. The molecule has 0 saturated carbocycles. The van der Waals surface area contributed by atoms with Crippen LogP contribution in [-0.2, 0) is 4.79 Å². The fraction of sp³-hybridized carbons (Fsp3) is 0.250. The highest BCUT2D eigenvalue weighted by Gasteiger charge is 2.17. The SMILES string of the molecule is Cc1cc(C(=O)NNC(=O)C(C)Oc2ccc(F)cc2)c(C)s1. The van der Waals surface area contributed by atoms with Crippen molar-refractivity contribution < 1.29 is 18.7 Å². The molecule has 0 saturated heterocycles. The number of hydrogen-bond acceptors (Lipinski definition) is 4. The van der Waals surface area contributed by atoms with Gasteiger partial charge in [-0.05, 0) is 51.1 Å². The highest BCUT2D eigenvalue weighted by atomic mass is 32.1. The van der Waals surface area contributed by atoms with Crippen molar-refractivity contribution >= 4 is 23.2 Å². The Labute approximate surface area is 137 Å². The zero-order valence-corrected chi connectivity index (χ0v) is 13.8. The maximum absolute atomic E-state index is 12.8. The normalized spacial score (nSPS) is 11.7. The summed E-state index contributed by atoms with van der Waals surface area (Å²) in [6.45, 7) is 5.28. The van der Waals surface area contributed by atoms with Gasteiger partial charge in [-0.1, -0.05) is 0 Å². The van der Waals surface area contributed by atoms with Crippen LogP contribution in [0.4, 0.5) is 4.39 Å². The van der Waals surface area contributed by atoms with E-state index in [1.54, 1.807) is 6.07 Å². The summed E-state index contributed by atoms with van der Waals surface area (Å²) in [5.74, 6) is -0.908. The molecule has 2 N–H and O–H groups in total. The van der Waals surface area contributed by atoms with Crippen LogP contribution < -0.4 is 15.6 Å². The van der Waals surface area contributed by atoms with E-state index in [0.717, 1.165) is 9.75 Å². The average molecular weight is 336 g/mol. The Kier molecular flexibility index (Phi) is 5.33. The van der Waals surface area contributed by atoms with Crippen molar-refractivity contribution in [1.29, 1.82) is 0 Å².